The molecule has 4 nitrogen and oxygen atoms in total. The van der Waals surface area contributed by atoms with Gasteiger partial charge in [0, 0.05) is 30.9 Å². The lowest BCUT2D eigenvalue weighted by Crippen LogP contribution is -2.47. The number of hydrogen-bond acceptors (Lipinski definition) is 4. The molecule has 0 aliphatic carbocycles. The standard InChI is InChI=1S/C18H30N2O2/c1-14(2)12-16(13-21)19-15-8-10-20(11-9-15)17-4-6-18(22-3)7-5-17/h4-7,14-16,19,21H,8-13H2,1-3H3. The van der Waals surface area contributed by atoms with Gasteiger partial charge >= 0.3 is 0 Å². The van der Waals surface area contributed by atoms with Gasteiger partial charge in [0.05, 0.1) is 13.7 Å². The van der Waals surface area contributed by atoms with Crippen LogP contribution in [0.2, 0.25) is 0 Å². The molecule has 0 amide bonds. The van der Waals surface area contributed by atoms with Crippen molar-refractivity contribution in [2.45, 2.75) is 45.2 Å². The predicted molar refractivity (Wildman–Crippen MR) is 91.7 cm³/mol. The minimum atomic E-state index is 0.233. The SMILES string of the molecule is COc1ccc(N2CCC(NC(CO)CC(C)C)CC2)cc1. The van der Waals surface area contributed by atoms with Gasteiger partial charge in [0.15, 0.2) is 0 Å². The normalized spacial score (nSPS) is 17.8. The van der Waals surface area contributed by atoms with Crippen LogP contribution in [0.25, 0.3) is 0 Å². The third-order valence-electron chi connectivity index (χ3n) is 4.38. The number of aliphatic hydroxyl groups excluding tert-OH is 1. The van der Waals surface area contributed by atoms with Gasteiger partial charge in [-0.1, -0.05) is 13.8 Å². The third kappa shape index (κ3) is 4.89. The quantitative estimate of drug-likeness (QED) is 0.813. The summed E-state index contributed by atoms with van der Waals surface area (Å²) in [5.74, 6) is 1.52. The second-order valence-electron chi connectivity index (χ2n) is 6.64. The fourth-order valence-electron chi connectivity index (χ4n) is 3.20. The Hall–Kier alpha value is -1.26. The number of benzene rings is 1. The van der Waals surface area contributed by atoms with Crippen LogP contribution in [0, 0.1) is 5.92 Å². The molecule has 1 aliphatic rings. The van der Waals surface area contributed by atoms with Crippen LogP contribution in [0.15, 0.2) is 24.3 Å². The molecule has 0 bridgehead atoms. The molecule has 1 saturated heterocycles. The first-order valence-electron chi connectivity index (χ1n) is 8.38. The molecule has 22 heavy (non-hydrogen) atoms. The van der Waals surface area contributed by atoms with Crippen LogP contribution in [-0.2, 0) is 0 Å². The van der Waals surface area contributed by atoms with E-state index in [0.29, 0.717) is 12.0 Å². The van der Waals surface area contributed by atoms with Gasteiger partial charge in [0.25, 0.3) is 0 Å². The zero-order valence-electron chi connectivity index (χ0n) is 14.1. The zero-order chi connectivity index (χ0) is 15.9. The Labute approximate surface area is 134 Å². The van der Waals surface area contributed by atoms with Gasteiger partial charge in [0.2, 0.25) is 0 Å². The summed E-state index contributed by atoms with van der Waals surface area (Å²) in [5.41, 5.74) is 1.26. The topological polar surface area (TPSA) is 44.7 Å². The Morgan fingerprint density at radius 3 is 2.36 bits per heavy atom. The van der Waals surface area contributed by atoms with Crippen molar-refractivity contribution in [3.63, 3.8) is 0 Å². The number of hydrogen-bond donors (Lipinski definition) is 2. The Kier molecular flexibility index (Phi) is 6.52. The summed E-state index contributed by atoms with van der Waals surface area (Å²) in [6.45, 7) is 6.76. The molecular formula is C18H30N2O2. The summed E-state index contributed by atoms with van der Waals surface area (Å²) < 4.78 is 5.21. The van der Waals surface area contributed by atoms with Crippen LogP contribution in [0.3, 0.4) is 0 Å². The maximum Gasteiger partial charge on any atom is 0.119 e. The molecule has 2 rings (SSSR count). The van der Waals surface area contributed by atoms with E-state index in [-0.39, 0.29) is 12.6 Å². The molecule has 0 spiro atoms. The van der Waals surface area contributed by atoms with Gasteiger partial charge in [-0.05, 0) is 49.4 Å². The second-order valence-corrected chi connectivity index (χ2v) is 6.64. The molecule has 2 N–H and O–H groups in total. The monoisotopic (exact) mass is 306 g/mol. The van der Waals surface area contributed by atoms with Gasteiger partial charge in [-0.15, -0.1) is 0 Å². The summed E-state index contributed by atoms with van der Waals surface area (Å²) in [5, 5.41) is 13.1. The smallest absolute Gasteiger partial charge is 0.119 e. The molecule has 1 aromatic carbocycles. The van der Waals surface area contributed by atoms with Crippen molar-refractivity contribution in [3.8, 4) is 5.75 Å². The van der Waals surface area contributed by atoms with Crippen molar-refractivity contribution >= 4 is 5.69 Å². The third-order valence-corrected chi connectivity index (χ3v) is 4.38. The summed E-state index contributed by atoms with van der Waals surface area (Å²) in [7, 11) is 1.70. The number of methoxy groups -OCH3 is 1. The van der Waals surface area contributed by atoms with E-state index in [4.69, 9.17) is 4.74 Å². The van der Waals surface area contributed by atoms with Crippen LogP contribution < -0.4 is 15.0 Å². The number of ether oxygens (including phenoxy) is 1. The van der Waals surface area contributed by atoms with Crippen molar-refractivity contribution in [1.82, 2.24) is 5.32 Å². The van der Waals surface area contributed by atoms with E-state index in [0.717, 1.165) is 38.1 Å². The highest BCUT2D eigenvalue weighted by atomic mass is 16.5. The Balaban J connectivity index is 1.81. The van der Waals surface area contributed by atoms with E-state index in [9.17, 15) is 5.11 Å². The number of anilines is 1. The molecule has 1 aromatic rings. The van der Waals surface area contributed by atoms with Crippen molar-refractivity contribution in [2.24, 2.45) is 5.92 Å². The van der Waals surface area contributed by atoms with Crippen molar-refractivity contribution in [3.05, 3.63) is 24.3 Å². The molecule has 1 atom stereocenters. The lowest BCUT2D eigenvalue weighted by Gasteiger charge is -2.36. The first kappa shape index (κ1) is 17.1. The van der Waals surface area contributed by atoms with Gasteiger partial charge < -0.3 is 20.1 Å². The lowest BCUT2D eigenvalue weighted by molar-refractivity contribution is 0.206. The second kappa shape index (κ2) is 8.39. The molecule has 1 aliphatic heterocycles. The van der Waals surface area contributed by atoms with E-state index in [1.807, 2.05) is 12.1 Å². The van der Waals surface area contributed by atoms with Crippen LogP contribution in [-0.4, -0.2) is 44.0 Å². The van der Waals surface area contributed by atoms with Crippen molar-refractivity contribution in [1.29, 1.82) is 0 Å². The van der Waals surface area contributed by atoms with Crippen LogP contribution in [0.1, 0.15) is 33.1 Å². The predicted octanol–water partition coefficient (Wildman–Crippen LogP) is 2.66. The average Bonchev–Trinajstić information content (AvgIpc) is 2.54. The molecule has 0 aromatic heterocycles. The fourth-order valence-corrected chi connectivity index (χ4v) is 3.20. The molecule has 4 heteroatoms. The first-order chi connectivity index (χ1) is 10.6. The Morgan fingerprint density at radius 2 is 1.86 bits per heavy atom. The highest BCUT2D eigenvalue weighted by molar-refractivity contribution is 5.49. The van der Waals surface area contributed by atoms with Crippen LogP contribution >= 0.6 is 0 Å². The number of nitrogens with zero attached hydrogens (tertiary/aromatic N) is 1. The molecule has 0 saturated carbocycles. The first-order valence-corrected chi connectivity index (χ1v) is 8.38. The Morgan fingerprint density at radius 1 is 1.23 bits per heavy atom. The van der Waals surface area contributed by atoms with Gasteiger partial charge in [-0.2, -0.15) is 0 Å². The van der Waals surface area contributed by atoms with E-state index in [1.165, 1.54) is 5.69 Å². The highest BCUT2D eigenvalue weighted by Crippen LogP contribution is 2.23. The van der Waals surface area contributed by atoms with E-state index in [1.54, 1.807) is 7.11 Å². The highest BCUT2D eigenvalue weighted by Gasteiger charge is 2.22. The van der Waals surface area contributed by atoms with E-state index < -0.39 is 0 Å². The lowest BCUT2D eigenvalue weighted by atomic mass is 9.99. The molecule has 124 valence electrons. The molecule has 1 heterocycles. The van der Waals surface area contributed by atoms with Gasteiger partial charge in [0.1, 0.15) is 5.75 Å². The zero-order valence-corrected chi connectivity index (χ0v) is 14.1. The van der Waals surface area contributed by atoms with Crippen molar-refractivity contribution < 1.29 is 9.84 Å². The average molecular weight is 306 g/mol. The maximum atomic E-state index is 9.50. The van der Waals surface area contributed by atoms with Gasteiger partial charge in [-0.3, -0.25) is 0 Å². The molecule has 1 fully saturated rings. The van der Waals surface area contributed by atoms with Crippen LogP contribution in [0.5, 0.6) is 5.75 Å². The summed E-state index contributed by atoms with van der Waals surface area (Å²) in [6, 6.07) is 9.04. The van der Waals surface area contributed by atoms with Crippen molar-refractivity contribution in [2.75, 3.05) is 31.7 Å². The molecule has 0 radical (unpaired) electrons. The summed E-state index contributed by atoms with van der Waals surface area (Å²) >= 11 is 0. The molecular weight excluding hydrogens is 276 g/mol. The molecule has 1 unspecified atom stereocenters. The van der Waals surface area contributed by atoms with Gasteiger partial charge in [-0.25, -0.2) is 0 Å². The number of nitrogens with one attached hydrogen (secondary N) is 1. The number of piperidine rings is 1. The number of aliphatic hydroxyl groups is 1. The Bertz CT molecular complexity index is 425. The number of rotatable bonds is 7. The minimum absolute atomic E-state index is 0.233. The largest absolute Gasteiger partial charge is 0.497 e. The maximum absolute atomic E-state index is 9.50. The summed E-state index contributed by atoms with van der Waals surface area (Å²) in [6.07, 6.45) is 3.29. The summed E-state index contributed by atoms with van der Waals surface area (Å²) in [4.78, 5) is 2.42. The van der Waals surface area contributed by atoms with E-state index >= 15 is 0 Å². The minimum Gasteiger partial charge on any atom is -0.497 e. The van der Waals surface area contributed by atoms with E-state index in [2.05, 4.69) is 36.2 Å². The van der Waals surface area contributed by atoms with Crippen LogP contribution in [0.4, 0.5) is 5.69 Å². The fraction of sp³-hybridized carbons (Fsp3) is 0.667.